The second kappa shape index (κ2) is 9.73. The maximum Gasteiger partial charge on any atom is 0.238 e. The molecule has 136 valence electrons. The van der Waals surface area contributed by atoms with E-state index >= 15 is 0 Å². The van der Waals surface area contributed by atoms with Gasteiger partial charge < -0.3 is 10.1 Å². The van der Waals surface area contributed by atoms with Gasteiger partial charge in [-0.3, -0.25) is 9.69 Å². The zero-order valence-corrected chi connectivity index (χ0v) is 15.1. The summed E-state index contributed by atoms with van der Waals surface area (Å²) < 4.78 is 5.43. The number of amides is 1. The molecule has 0 saturated carbocycles. The van der Waals surface area contributed by atoms with Crippen LogP contribution in [0.2, 0.25) is 0 Å². The normalized spacial score (nSPS) is 19.6. The number of anilines is 1. The van der Waals surface area contributed by atoms with Gasteiger partial charge in [0.15, 0.2) is 0 Å². The fourth-order valence-corrected chi connectivity index (χ4v) is 3.57. The van der Waals surface area contributed by atoms with Gasteiger partial charge in [0.25, 0.3) is 0 Å². The highest BCUT2D eigenvalue weighted by atomic mass is 16.5. The number of hydrogen-bond donors (Lipinski definition) is 1. The molecule has 3 rings (SSSR count). The third-order valence-corrected chi connectivity index (χ3v) is 4.99. The molecule has 2 aliphatic rings. The summed E-state index contributed by atoms with van der Waals surface area (Å²) in [6.07, 6.45) is 10.9. The van der Waals surface area contributed by atoms with E-state index in [4.69, 9.17) is 4.74 Å². The summed E-state index contributed by atoms with van der Waals surface area (Å²) >= 11 is 0. The van der Waals surface area contributed by atoms with Gasteiger partial charge in [-0.15, -0.1) is 0 Å². The lowest BCUT2D eigenvalue weighted by atomic mass is 10.0. The van der Waals surface area contributed by atoms with Crippen molar-refractivity contribution in [2.24, 2.45) is 0 Å². The van der Waals surface area contributed by atoms with Crippen LogP contribution in [-0.4, -0.2) is 43.7 Å². The Balaban J connectivity index is 1.48. The topological polar surface area (TPSA) is 41.6 Å². The second-order valence-electron chi connectivity index (χ2n) is 7.13. The van der Waals surface area contributed by atoms with Gasteiger partial charge in [0.2, 0.25) is 5.91 Å². The molecule has 1 aliphatic carbocycles. The summed E-state index contributed by atoms with van der Waals surface area (Å²) in [5.41, 5.74) is 3.78. The van der Waals surface area contributed by atoms with E-state index in [1.807, 2.05) is 12.1 Å². The number of ether oxygens (including phenoxy) is 1. The smallest absolute Gasteiger partial charge is 0.238 e. The number of nitrogens with one attached hydrogen (secondary N) is 1. The lowest BCUT2D eigenvalue weighted by Gasteiger charge is -2.18. The van der Waals surface area contributed by atoms with Crippen molar-refractivity contribution in [2.75, 3.05) is 38.2 Å². The predicted octanol–water partition coefficient (Wildman–Crippen LogP) is 3.78. The molecule has 1 aromatic carbocycles. The summed E-state index contributed by atoms with van der Waals surface area (Å²) in [5, 5.41) is 3.01. The molecule has 0 radical (unpaired) electrons. The third kappa shape index (κ3) is 6.29. The SMILES string of the molecule is O=C(CN1CCCOCC1)Nc1ccc(CC2=CCCCCC2)cc1. The first-order valence-electron chi connectivity index (χ1n) is 9.66. The minimum atomic E-state index is 0.0566. The highest BCUT2D eigenvalue weighted by molar-refractivity contribution is 5.92. The number of carbonyl (C=O) groups is 1. The Kier molecular flexibility index (Phi) is 7.07. The summed E-state index contributed by atoms with van der Waals surface area (Å²) in [4.78, 5) is 14.4. The summed E-state index contributed by atoms with van der Waals surface area (Å²) in [5.74, 6) is 0.0566. The van der Waals surface area contributed by atoms with Crippen LogP contribution in [0, 0.1) is 0 Å². The Morgan fingerprint density at radius 2 is 1.92 bits per heavy atom. The van der Waals surface area contributed by atoms with Crippen LogP contribution in [0.1, 0.15) is 44.1 Å². The highest BCUT2D eigenvalue weighted by Gasteiger charge is 2.13. The summed E-state index contributed by atoms with van der Waals surface area (Å²) in [7, 11) is 0. The van der Waals surface area contributed by atoms with Crippen LogP contribution in [0.15, 0.2) is 35.9 Å². The van der Waals surface area contributed by atoms with Gasteiger partial charge in [-0.2, -0.15) is 0 Å². The quantitative estimate of drug-likeness (QED) is 0.828. The molecule has 1 heterocycles. The minimum absolute atomic E-state index is 0.0566. The average Bonchev–Trinajstić information content (AvgIpc) is 3.02. The van der Waals surface area contributed by atoms with E-state index in [-0.39, 0.29) is 5.91 Å². The van der Waals surface area contributed by atoms with Gasteiger partial charge >= 0.3 is 0 Å². The van der Waals surface area contributed by atoms with Gasteiger partial charge in [0.05, 0.1) is 13.2 Å². The van der Waals surface area contributed by atoms with E-state index in [9.17, 15) is 4.79 Å². The Morgan fingerprint density at radius 3 is 2.80 bits per heavy atom. The van der Waals surface area contributed by atoms with Gasteiger partial charge in [-0.1, -0.05) is 30.2 Å². The molecule has 1 aromatic rings. The number of nitrogens with zero attached hydrogens (tertiary/aromatic N) is 1. The number of allylic oxidation sites excluding steroid dienone is 2. The summed E-state index contributed by atoms with van der Waals surface area (Å²) in [6, 6.07) is 8.33. The zero-order valence-electron chi connectivity index (χ0n) is 15.1. The minimum Gasteiger partial charge on any atom is -0.380 e. The molecule has 1 N–H and O–H groups in total. The van der Waals surface area contributed by atoms with Gasteiger partial charge in [-0.25, -0.2) is 0 Å². The molecule has 0 spiro atoms. The predicted molar refractivity (Wildman–Crippen MR) is 102 cm³/mol. The molecule has 1 amide bonds. The van der Waals surface area contributed by atoms with Crippen molar-refractivity contribution in [1.29, 1.82) is 0 Å². The number of rotatable bonds is 5. The molecule has 25 heavy (non-hydrogen) atoms. The highest BCUT2D eigenvalue weighted by Crippen LogP contribution is 2.21. The standard InChI is InChI=1S/C21H30N2O2/c24-21(17-23-12-5-14-25-15-13-23)22-20-10-8-19(9-11-20)16-18-6-3-1-2-4-7-18/h6,8-11H,1-5,7,12-17H2,(H,22,24). The van der Waals surface area contributed by atoms with Crippen LogP contribution in [0.4, 0.5) is 5.69 Å². The maximum atomic E-state index is 12.2. The molecule has 4 nitrogen and oxygen atoms in total. The molecule has 0 unspecified atom stereocenters. The molecule has 4 heteroatoms. The van der Waals surface area contributed by atoms with Gasteiger partial charge in [0.1, 0.15) is 0 Å². The van der Waals surface area contributed by atoms with Crippen LogP contribution in [0.3, 0.4) is 0 Å². The van der Waals surface area contributed by atoms with Crippen molar-refractivity contribution in [1.82, 2.24) is 4.90 Å². The third-order valence-electron chi connectivity index (χ3n) is 4.99. The Hall–Kier alpha value is -1.65. The maximum absolute atomic E-state index is 12.2. The Bertz CT molecular complexity index is 572. The van der Waals surface area contributed by atoms with Crippen LogP contribution >= 0.6 is 0 Å². The van der Waals surface area contributed by atoms with Crippen molar-refractivity contribution in [2.45, 2.75) is 44.9 Å². The first kappa shape index (κ1) is 18.2. The van der Waals surface area contributed by atoms with Crippen LogP contribution in [-0.2, 0) is 16.0 Å². The summed E-state index contributed by atoms with van der Waals surface area (Å²) in [6.45, 7) is 3.73. The fraction of sp³-hybridized carbons (Fsp3) is 0.571. The van der Waals surface area contributed by atoms with Crippen LogP contribution < -0.4 is 5.32 Å². The molecule has 1 fully saturated rings. The van der Waals surface area contributed by atoms with Crippen molar-refractivity contribution < 1.29 is 9.53 Å². The monoisotopic (exact) mass is 342 g/mol. The molecule has 0 bridgehead atoms. The molecule has 0 aromatic heterocycles. The Morgan fingerprint density at radius 1 is 1.04 bits per heavy atom. The van der Waals surface area contributed by atoms with Crippen molar-refractivity contribution in [3.63, 3.8) is 0 Å². The van der Waals surface area contributed by atoms with E-state index in [1.54, 1.807) is 5.57 Å². The lowest BCUT2D eigenvalue weighted by molar-refractivity contribution is -0.117. The van der Waals surface area contributed by atoms with Crippen molar-refractivity contribution in [3.8, 4) is 0 Å². The average molecular weight is 342 g/mol. The molecule has 1 aliphatic heterocycles. The van der Waals surface area contributed by atoms with Gasteiger partial charge in [0, 0.05) is 25.4 Å². The van der Waals surface area contributed by atoms with E-state index in [2.05, 4.69) is 28.4 Å². The van der Waals surface area contributed by atoms with Crippen LogP contribution in [0.25, 0.3) is 0 Å². The number of benzene rings is 1. The lowest BCUT2D eigenvalue weighted by Crippen LogP contribution is -2.34. The second-order valence-corrected chi connectivity index (χ2v) is 7.13. The van der Waals surface area contributed by atoms with Gasteiger partial charge in [-0.05, 0) is 56.2 Å². The van der Waals surface area contributed by atoms with Crippen LogP contribution in [0.5, 0.6) is 0 Å². The van der Waals surface area contributed by atoms with Crippen molar-refractivity contribution >= 4 is 11.6 Å². The largest absolute Gasteiger partial charge is 0.380 e. The molecular weight excluding hydrogens is 312 g/mol. The fourth-order valence-electron chi connectivity index (χ4n) is 3.57. The Labute approximate surface area is 151 Å². The van der Waals surface area contributed by atoms with E-state index in [0.717, 1.165) is 44.8 Å². The van der Waals surface area contributed by atoms with Crippen molar-refractivity contribution in [3.05, 3.63) is 41.5 Å². The van der Waals surface area contributed by atoms with E-state index in [0.29, 0.717) is 6.54 Å². The van der Waals surface area contributed by atoms with E-state index in [1.165, 1.54) is 37.7 Å². The molecular formula is C21H30N2O2. The van der Waals surface area contributed by atoms with E-state index < -0.39 is 0 Å². The first-order valence-corrected chi connectivity index (χ1v) is 9.66. The number of hydrogen-bond acceptors (Lipinski definition) is 3. The zero-order chi connectivity index (χ0) is 17.3. The first-order chi connectivity index (χ1) is 12.3. The molecule has 1 saturated heterocycles. The molecule has 0 atom stereocenters. The number of carbonyl (C=O) groups excluding carboxylic acids is 1.